The van der Waals surface area contributed by atoms with E-state index in [1.54, 1.807) is 6.20 Å². The third-order valence-corrected chi connectivity index (χ3v) is 4.33. The smallest absolute Gasteiger partial charge is 0.0837 e. The Morgan fingerprint density at radius 1 is 1.32 bits per heavy atom. The van der Waals surface area contributed by atoms with E-state index < -0.39 is 0 Å². The van der Waals surface area contributed by atoms with Crippen molar-refractivity contribution in [2.45, 2.75) is 25.9 Å². The molecule has 5 heteroatoms. The lowest BCUT2D eigenvalue weighted by atomic mass is 10.0. The number of benzene rings is 1. The van der Waals surface area contributed by atoms with Crippen molar-refractivity contribution >= 4 is 34.2 Å². The maximum atomic E-state index is 6.34. The molecule has 1 atom stereocenters. The van der Waals surface area contributed by atoms with E-state index in [0.29, 0.717) is 5.02 Å². The zero-order valence-electron chi connectivity index (χ0n) is 11.2. The molecule has 1 heterocycles. The fourth-order valence-corrected chi connectivity index (χ4v) is 3.12. The van der Waals surface area contributed by atoms with E-state index in [4.69, 9.17) is 11.6 Å². The van der Waals surface area contributed by atoms with Crippen molar-refractivity contribution in [2.75, 3.05) is 7.05 Å². The van der Waals surface area contributed by atoms with Crippen molar-refractivity contribution in [2.24, 2.45) is 0 Å². The van der Waals surface area contributed by atoms with E-state index in [2.05, 4.69) is 59.0 Å². The van der Waals surface area contributed by atoms with Crippen LogP contribution in [-0.4, -0.2) is 16.8 Å². The summed E-state index contributed by atoms with van der Waals surface area (Å²) in [4.78, 5) is 0. The van der Waals surface area contributed by atoms with Crippen LogP contribution in [0, 0.1) is 3.57 Å². The van der Waals surface area contributed by atoms with Crippen molar-refractivity contribution in [1.29, 1.82) is 0 Å². The highest BCUT2D eigenvalue weighted by atomic mass is 127. The minimum atomic E-state index is 0.0468. The van der Waals surface area contributed by atoms with Gasteiger partial charge in [0.15, 0.2) is 0 Å². The second-order valence-corrected chi connectivity index (χ2v) is 6.23. The molecule has 1 aromatic carbocycles. The van der Waals surface area contributed by atoms with Crippen LogP contribution in [0.5, 0.6) is 0 Å². The Labute approximate surface area is 132 Å². The third-order valence-electron chi connectivity index (χ3n) is 3.05. The zero-order chi connectivity index (χ0) is 14.0. The summed E-state index contributed by atoms with van der Waals surface area (Å²) in [5, 5.41) is 8.43. The molecule has 0 amide bonds. The summed E-state index contributed by atoms with van der Waals surface area (Å²) in [7, 11) is 1.95. The van der Waals surface area contributed by atoms with Gasteiger partial charge in [0.2, 0.25) is 0 Å². The number of hydrogen-bond donors (Lipinski definition) is 1. The first-order valence-corrected chi connectivity index (χ1v) is 7.66. The van der Waals surface area contributed by atoms with Crippen LogP contribution in [-0.2, 0) is 0 Å². The van der Waals surface area contributed by atoms with Gasteiger partial charge in [-0.25, -0.2) is 0 Å². The SMILES string of the molecule is CNC(c1ccccc1I)c1c(Cl)cnn1C(C)C. The summed E-state index contributed by atoms with van der Waals surface area (Å²) in [5.41, 5.74) is 2.23. The molecule has 0 fully saturated rings. The van der Waals surface area contributed by atoms with E-state index in [-0.39, 0.29) is 12.1 Å². The fourth-order valence-electron chi connectivity index (χ4n) is 2.18. The Kier molecular flexibility index (Phi) is 4.86. The minimum Gasteiger partial charge on any atom is -0.308 e. The Morgan fingerprint density at radius 2 is 2.00 bits per heavy atom. The lowest BCUT2D eigenvalue weighted by Crippen LogP contribution is -2.23. The van der Waals surface area contributed by atoms with Crippen LogP contribution < -0.4 is 5.32 Å². The second kappa shape index (κ2) is 6.24. The number of rotatable bonds is 4. The molecule has 102 valence electrons. The second-order valence-electron chi connectivity index (χ2n) is 4.66. The van der Waals surface area contributed by atoms with Crippen LogP contribution >= 0.6 is 34.2 Å². The normalized spacial score (nSPS) is 12.9. The molecular formula is C14H17ClIN3. The standard InChI is InChI=1S/C14H17ClIN3/c1-9(2)19-14(11(15)8-18-19)13(17-3)10-6-4-5-7-12(10)16/h4-9,13,17H,1-3H3. The number of halogens is 2. The highest BCUT2D eigenvalue weighted by Gasteiger charge is 2.23. The van der Waals surface area contributed by atoms with Crippen molar-refractivity contribution in [3.8, 4) is 0 Å². The van der Waals surface area contributed by atoms with E-state index in [0.717, 1.165) is 5.69 Å². The Hall–Kier alpha value is -0.590. The number of nitrogens with one attached hydrogen (secondary N) is 1. The van der Waals surface area contributed by atoms with Gasteiger partial charge in [-0.15, -0.1) is 0 Å². The van der Waals surface area contributed by atoms with E-state index in [1.807, 2.05) is 23.9 Å². The van der Waals surface area contributed by atoms with Gasteiger partial charge in [0.05, 0.1) is 23.0 Å². The minimum absolute atomic E-state index is 0.0468. The molecule has 2 rings (SSSR count). The lowest BCUT2D eigenvalue weighted by Gasteiger charge is -2.22. The van der Waals surface area contributed by atoms with Crippen molar-refractivity contribution in [3.63, 3.8) is 0 Å². The zero-order valence-corrected chi connectivity index (χ0v) is 14.1. The van der Waals surface area contributed by atoms with Gasteiger partial charge in [0, 0.05) is 9.61 Å². The predicted molar refractivity (Wildman–Crippen MR) is 87.7 cm³/mol. The summed E-state index contributed by atoms with van der Waals surface area (Å²) in [5.74, 6) is 0. The van der Waals surface area contributed by atoms with Crippen LogP contribution in [0.3, 0.4) is 0 Å². The highest BCUT2D eigenvalue weighted by molar-refractivity contribution is 14.1. The maximum Gasteiger partial charge on any atom is 0.0837 e. The van der Waals surface area contributed by atoms with Gasteiger partial charge in [-0.2, -0.15) is 5.10 Å². The molecular weight excluding hydrogens is 373 g/mol. The van der Waals surface area contributed by atoms with E-state index >= 15 is 0 Å². The number of aromatic nitrogens is 2. The van der Waals surface area contributed by atoms with Crippen molar-refractivity contribution in [1.82, 2.24) is 15.1 Å². The largest absolute Gasteiger partial charge is 0.308 e. The van der Waals surface area contributed by atoms with Crippen molar-refractivity contribution < 1.29 is 0 Å². The summed E-state index contributed by atoms with van der Waals surface area (Å²) >= 11 is 8.69. The average Bonchev–Trinajstić information content (AvgIpc) is 2.75. The molecule has 0 saturated heterocycles. The summed E-state index contributed by atoms with van der Waals surface area (Å²) in [6.07, 6.45) is 1.72. The summed E-state index contributed by atoms with van der Waals surface area (Å²) in [6.45, 7) is 4.21. The number of hydrogen-bond acceptors (Lipinski definition) is 2. The molecule has 0 bridgehead atoms. The van der Waals surface area contributed by atoms with Crippen LogP contribution in [0.25, 0.3) is 0 Å². The Bertz CT molecular complexity index is 566. The predicted octanol–water partition coefficient (Wildman–Crippen LogP) is 4.03. The summed E-state index contributed by atoms with van der Waals surface area (Å²) < 4.78 is 3.19. The average molecular weight is 390 g/mol. The van der Waals surface area contributed by atoms with Gasteiger partial charge in [-0.1, -0.05) is 29.8 Å². The molecule has 0 aliphatic carbocycles. The molecule has 0 aliphatic heterocycles. The van der Waals surface area contributed by atoms with E-state index in [9.17, 15) is 0 Å². The van der Waals surface area contributed by atoms with Crippen LogP contribution in [0.15, 0.2) is 30.5 Å². The molecule has 3 nitrogen and oxygen atoms in total. The van der Waals surface area contributed by atoms with Gasteiger partial charge < -0.3 is 5.32 Å². The van der Waals surface area contributed by atoms with Gasteiger partial charge in [0.1, 0.15) is 0 Å². The maximum absolute atomic E-state index is 6.34. The molecule has 19 heavy (non-hydrogen) atoms. The highest BCUT2D eigenvalue weighted by Crippen LogP contribution is 2.32. The topological polar surface area (TPSA) is 29.9 Å². The molecule has 1 N–H and O–H groups in total. The summed E-state index contributed by atoms with van der Waals surface area (Å²) in [6, 6.07) is 8.64. The number of nitrogens with zero attached hydrogens (tertiary/aromatic N) is 2. The molecule has 0 spiro atoms. The quantitative estimate of drug-likeness (QED) is 0.800. The monoisotopic (exact) mass is 389 g/mol. The molecule has 2 aromatic rings. The Morgan fingerprint density at radius 3 is 2.58 bits per heavy atom. The Balaban J connectivity index is 2.55. The molecule has 0 radical (unpaired) electrons. The molecule has 0 aliphatic rings. The first-order valence-electron chi connectivity index (χ1n) is 6.20. The van der Waals surface area contributed by atoms with Crippen molar-refractivity contribution in [3.05, 3.63) is 50.3 Å². The molecule has 1 unspecified atom stereocenters. The fraction of sp³-hybridized carbons (Fsp3) is 0.357. The van der Waals surface area contributed by atoms with Gasteiger partial charge in [-0.3, -0.25) is 4.68 Å². The first kappa shape index (κ1) is 14.8. The third kappa shape index (κ3) is 2.95. The van der Waals surface area contributed by atoms with Gasteiger partial charge >= 0.3 is 0 Å². The van der Waals surface area contributed by atoms with Crippen LogP contribution in [0.2, 0.25) is 5.02 Å². The molecule has 1 aromatic heterocycles. The van der Waals surface area contributed by atoms with Gasteiger partial charge in [0.25, 0.3) is 0 Å². The first-order chi connectivity index (χ1) is 9.06. The molecule has 0 saturated carbocycles. The lowest BCUT2D eigenvalue weighted by molar-refractivity contribution is 0.483. The van der Waals surface area contributed by atoms with Gasteiger partial charge in [-0.05, 0) is 55.1 Å². The van der Waals surface area contributed by atoms with Crippen LogP contribution in [0.4, 0.5) is 0 Å². The van der Waals surface area contributed by atoms with E-state index in [1.165, 1.54) is 9.13 Å². The van der Waals surface area contributed by atoms with Crippen LogP contribution in [0.1, 0.15) is 37.2 Å².